The Balaban J connectivity index is 1.02. The fourth-order valence-corrected chi connectivity index (χ4v) is 9.27. The van der Waals surface area contributed by atoms with Crippen molar-refractivity contribution in [3.63, 3.8) is 0 Å². The maximum Gasteiger partial charge on any atom is -0.00731 e. The fourth-order valence-electron chi connectivity index (χ4n) is 9.27. The minimum Gasteiger partial charge on any atom is -0.0654 e. The van der Waals surface area contributed by atoms with E-state index in [0.29, 0.717) is 5.92 Å². The SMILES string of the molecule is CCCC(C)c1ccccc1-c1ccc2ccc(CC)c(/C=C(\C)c3ccc(-c4ccc(-c5ccc6ccc7c8ccccc8ccc7c6c5)cc4)cc3)c2c1C. The van der Waals surface area contributed by atoms with Crippen molar-refractivity contribution in [1.29, 1.82) is 0 Å². The Morgan fingerprint density at radius 1 is 0.526 bits per heavy atom. The van der Waals surface area contributed by atoms with E-state index in [1.807, 2.05) is 0 Å². The highest BCUT2D eigenvalue weighted by molar-refractivity contribution is 6.17. The average molecular weight is 735 g/mol. The molecule has 0 aliphatic heterocycles. The molecule has 0 aromatic heterocycles. The first-order chi connectivity index (χ1) is 27.9. The lowest BCUT2D eigenvalue weighted by Gasteiger charge is -2.20. The summed E-state index contributed by atoms with van der Waals surface area (Å²) in [5.74, 6) is 0.526. The Morgan fingerprint density at radius 2 is 1.11 bits per heavy atom. The van der Waals surface area contributed by atoms with Crippen molar-refractivity contribution < 1.29 is 0 Å². The van der Waals surface area contributed by atoms with Gasteiger partial charge in [-0.1, -0.05) is 191 Å². The molecule has 0 fully saturated rings. The van der Waals surface area contributed by atoms with Gasteiger partial charge in [0.15, 0.2) is 0 Å². The molecule has 278 valence electrons. The topological polar surface area (TPSA) is 0 Å². The maximum absolute atomic E-state index is 2.43. The number of hydrogen-bond donors (Lipinski definition) is 0. The predicted molar refractivity (Wildman–Crippen MR) is 250 cm³/mol. The molecule has 0 bridgehead atoms. The number of hydrogen-bond acceptors (Lipinski definition) is 0. The Morgan fingerprint density at radius 3 is 1.84 bits per heavy atom. The van der Waals surface area contributed by atoms with Gasteiger partial charge in [-0.05, 0) is 149 Å². The van der Waals surface area contributed by atoms with Crippen LogP contribution in [0.4, 0.5) is 0 Å². The van der Waals surface area contributed by atoms with Crippen LogP contribution in [0.3, 0.4) is 0 Å². The van der Waals surface area contributed by atoms with Gasteiger partial charge in [0, 0.05) is 0 Å². The van der Waals surface area contributed by atoms with Gasteiger partial charge >= 0.3 is 0 Å². The van der Waals surface area contributed by atoms with Gasteiger partial charge in [-0.3, -0.25) is 0 Å². The van der Waals surface area contributed by atoms with Crippen molar-refractivity contribution in [2.45, 2.75) is 59.8 Å². The molecular formula is C57H50. The third-order valence-electron chi connectivity index (χ3n) is 12.5. The number of aryl methyl sites for hydroxylation is 2. The molecule has 1 atom stereocenters. The third kappa shape index (κ3) is 6.74. The van der Waals surface area contributed by atoms with Crippen LogP contribution in [0.2, 0.25) is 0 Å². The van der Waals surface area contributed by atoms with Gasteiger partial charge in [-0.25, -0.2) is 0 Å². The standard InChI is InChI=1S/C57H50/c1-6-12-37(3)49-14-10-11-16-52(49)50-32-31-47-27-17-40(7-2)56(57(47)39(50)5)35-38(4)41-18-20-42(21-19-41)43-22-24-44(25-23-43)48-28-26-46-30-33-53-51-15-9-8-13-45(51)29-34-54(53)55(46)36-48/h8-11,13-37H,6-7,12H2,1-5H3/b38-35+. The first kappa shape index (κ1) is 36.4. The van der Waals surface area contributed by atoms with Crippen LogP contribution in [0.15, 0.2) is 164 Å². The largest absolute Gasteiger partial charge is 0.0654 e. The number of allylic oxidation sites excluding steroid dienone is 1. The van der Waals surface area contributed by atoms with E-state index >= 15 is 0 Å². The molecule has 0 saturated carbocycles. The highest BCUT2D eigenvalue weighted by atomic mass is 14.2. The molecule has 0 saturated heterocycles. The summed E-state index contributed by atoms with van der Waals surface area (Å²) in [6.07, 6.45) is 5.81. The van der Waals surface area contributed by atoms with Crippen LogP contribution < -0.4 is 0 Å². The van der Waals surface area contributed by atoms with Gasteiger partial charge in [0.25, 0.3) is 0 Å². The summed E-state index contributed by atoms with van der Waals surface area (Å²) >= 11 is 0. The molecule has 57 heavy (non-hydrogen) atoms. The summed E-state index contributed by atoms with van der Waals surface area (Å²) in [7, 11) is 0. The Hall–Kier alpha value is -6.24. The summed E-state index contributed by atoms with van der Waals surface area (Å²) < 4.78 is 0. The van der Waals surface area contributed by atoms with Crippen LogP contribution in [-0.4, -0.2) is 0 Å². The first-order valence-corrected chi connectivity index (χ1v) is 20.8. The minimum atomic E-state index is 0.526. The molecular weight excluding hydrogens is 685 g/mol. The lowest BCUT2D eigenvalue weighted by Crippen LogP contribution is -1.99. The maximum atomic E-state index is 2.43. The minimum absolute atomic E-state index is 0.526. The van der Waals surface area contributed by atoms with Gasteiger partial charge in [0.2, 0.25) is 0 Å². The molecule has 9 aromatic carbocycles. The molecule has 0 heterocycles. The summed E-state index contributed by atoms with van der Waals surface area (Å²) in [6, 6.07) is 61.1. The van der Waals surface area contributed by atoms with Crippen molar-refractivity contribution in [3.8, 4) is 33.4 Å². The molecule has 0 nitrogen and oxygen atoms in total. The highest BCUT2D eigenvalue weighted by Crippen LogP contribution is 2.39. The van der Waals surface area contributed by atoms with Gasteiger partial charge in [-0.15, -0.1) is 0 Å². The van der Waals surface area contributed by atoms with E-state index in [-0.39, 0.29) is 0 Å². The molecule has 1 unspecified atom stereocenters. The monoisotopic (exact) mass is 734 g/mol. The zero-order valence-electron chi connectivity index (χ0n) is 33.9. The number of rotatable bonds is 9. The van der Waals surface area contributed by atoms with E-state index in [9.17, 15) is 0 Å². The summed E-state index contributed by atoms with van der Waals surface area (Å²) in [5, 5.41) is 10.4. The normalized spacial score (nSPS) is 12.5. The van der Waals surface area contributed by atoms with Gasteiger partial charge in [0.05, 0.1) is 0 Å². The third-order valence-corrected chi connectivity index (χ3v) is 12.5. The molecule has 0 N–H and O–H groups in total. The van der Waals surface area contributed by atoms with Crippen LogP contribution in [0, 0.1) is 6.92 Å². The molecule has 0 aliphatic rings. The van der Waals surface area contributed by atoms with Crippen molar-refractivity contribution in [1.82, 2.24) is 0 Å². The molecule has 0 radical (unpaired) electrons. The Labute approximate surface area is 338 Å². The lowest BCUT2D eigenvalue weighted by molar-refractivity contribution is 0.666. The van der Waals surface area contributed by atoms with E-state index < -0.39 is 0 Å². The highest BCUT2D eigenvalue weighted by Gasteiger charge is 2.17. The van der Waals surface area contributed by atoms with Crippen LogP contribution in [0.25, 0.3) is 88.1 Å². The van der Waals surface area contributed by atoms with Crippen molar-refractivity contribution in [2.75, 3.05) is 0 Å². The summed E-state index contributed by atoms with van der Waals surface area (Å²) in [5.41, 5.74) is 15.7. The average Bonchev–Trinajstić information content (AvgIpc) is 3.26. The van der Waals surface area contributed by atoms with Crippen LogP contribution in [0.5, 0.6) is 0 Å². The first-order valence-electron chi connectivity index (χ1n) is 20.8. The predicted octanol–water partition coefficient (Wildman–Crippen LogP) is 16.6. The Bertz CT molecular complexity index is 2960. The molecule has 9 aromatic rings. The Kier molecular flexibility index (Phi) is 9.81. The second-order valence-corrected chi connectivity index (χ2v) is 16.0. The van der Waals surface area contributed by atoms with Crippen molar-refractivity contribution in [2.24, 2.45) is 0 Å². The number of fused-ring (bicyclic) bond motifs is 6. The van der Waals surface area contributed by atoms with E-state index in [2.05, 4.69) is 204 Å². The fraction of sp³-hybridized carbons (Fsp3) is 0.158. The van der Waals surface area contributed by atoms with Crippen LogP contribution in [-0.2, 0) is 6.42 Å². The van der Waals surface area contributed by atoms with E-state index in [1.54, 1.807) is 0 Å². The van der Waals surface area contributed by atoms with Crippen LogP contribution >= 0.6 is 0 Å². The van der Waals surface area contributed by atoms with E-state index in [4.69, 9.17) is 0 Å². The van der Waals surface area contributed by atoms with Crippen LogP contribution in [0.1, 0.15) is 74.3 Å². The van der Waals surface area contributed by atoms with Crippen molar-refractivity contribution in [3.05, 3.63) is 192 Å². The van der Waals surface area contributed by atoms with E-state index in [0.717, 1.165) is 6.42 Å². The molecule has 0 amide bonds. The summed E-state index contributed by atoms with van der Waals surface area (Å²) in [6.45, 7) is 11.5. The van der Waals surface area contributed by atoms with Gasteiger partial charge in [0.1, 0.15) is 0 Å². The molecule has 0 aliphatic carbocycles. The zero-order valence-corrected chi connectivity index (χ0v) is 33.9. The number of benzene rings is 9. The lowest BCUT2D eigenvalue weighted by atomic mass is 9.84. The zero-order chi connectivity index (χ0) is 39.0. The van der Waals surface area contributed by atoms with Crippen molar-refractivity contribution >= 4 is 54.7 Å². The second kappa shape index (κ2) is 15.4. The van der Waals surface area contributed by atoms with Gasteiger partial charge in [-0.2, -0.15) is 0 Å². The van der Waals surface area contributed by atoms with Gasteiger partial charge < -0.3 is 0 Å². The molecule has 9 rings (SSSR count). The quantitative estimate of drug-likeness (QED) is 0.102. The second-order valence-electron chi connectivity index (χ2n) is 16.0. The molecule has 0 heteroatoms. The summed E-state index contributed by atoms with van der Waals surface area (Å²) in [4.78, 5) is 0. The molecule has 0 spiro atoms. The van der Waals surface area contributed by atoms with E-state index in [1.165, 1.54) is 123 Å². The smallest absolute Gasteiger partial charge is 0.00731 e.